The summed E-state index contributed by atoms with van der Waals surface area (Å²) in [5, 5.41) is 10.00. The number of aliphatic hydroxyl groups excluding tert-OH is 1. The number of aliphatic hydroxyl groups is 1. The van der Waals surface area contributed by atoms with Crippen LogP contribution >= 0.6 is 0 Å². The standard InChI is InChI=1S/C14H27NO5/c1-4-19-14(17)13-6-5-7-15(13)8-12(16)10-20-11(2)9-18-3/h11-13,16H,4-10H2,1-3H3. The van der Waals surface area contributed by atoms with Crippen molar-refractivity contribution in [3.63, 3.8) is 0 Å². The summed E-state index contributed by atoms with van der Waals surface area (Å²) < 4.78 is 15.5. The molecule has 0 aromatic heterocycles. The summed E-state index contributed by atoms with van der Waals surface area (Å²) in [5.41, 5.74) is 0. The largest absolute Gasteiger partial charge is 0.465 e. The van der Waals surface area contributed by atoms with Crippen molar-refractivity contribution in [1.82, 2.24) is 4.90 Å². The lowest BCUT2D eigenvalue weighted by Crippen LogP contribution is -2.43. The van der Waals surface area contributed by atoms with Gasteiger partial charge in [0, 0.05) is 13.7 Å². The Kier molecular flexibility index (Phi) is 8.06. The zero-order valence-corrected chi connectivity index (χ0v) is 12.7. The molecule has 0 spiro atoms. The van der Waals surface area contributed by atoms with E-state index in [1.54, 1.807) is 14.0 Å². The zero-order chi connectivity index (χ0) is 15.0. The fourth-order valence-electron chi connectivity index (χ4n) is 2.43. The maximum Gasteiger partial charge on any atom is 0.323 e. The molecule has 0 aromatic rings. The Bertz CT molecular complexity index is 287. The van der Waals surface area contributed by atoms with Gasteiger partial charge in [0.2, 0.25) is 0 Å². The Morgan fingerprint density at radius 2 is 2.20 bits per heavy atom. The van der Waals surface area contributed by atoms with E-state index >= 15 is 0 Å². The van der Waals surface area contributed by atoms with Crippen LogP contribution in [0, 0.1) is 0 Å². The number of hydrogen-bond donors (Lipinski definition) is 1. The third-order valence-corrected chi connectivity index (χ3v) is 3.34. The molecule has 0 radical (unpaired) electrons. The minimum absolute atomic E-state index is 0.0471. The molecule has 118 valence electrons. The van der Waals surface area contributed by atoms with Crippen molar-refractivity contribution < 1.29 is 24.1 Å². The number of carbonyl (C=O) groups is 1. The van der Waals surface area contributed by atoms with Gasteiger partial charge < -0.3 is 19.3 Å². The first-order chi connectivity index (χ1) is 9.58. The molecule has 1 rings (SSSR count). The van der Waals surface area contributed by atoms with Crippen molar-refractivity contribution in [2.24, 2.45) is 0 Å². The molecular formula is C14H27NO5. The van der Waals surface area contributed by atoms with Gasteiger partial charge in [0.15, 0.2) is 0 Å². The molecule has 0 aromatic carbocycles. The van der Waals surface area contributed by atoms with Crippen LogP contribution in [0.2, 0.25) is 0 Å². The molecule has 1 aliphatic heterocycles. The van der Waals surface area contributed by atoms with E-state index in [1.807, 2.05) is 11.8 Å². The number of hydrogen-bond acceptors (Lipinski definition) is 6. The topological polar surface area (TPSA) is 68.2 Å². The van der Waals surface area contributed by atoms with Crippen molar-refractivity contribution in [3.8, 4) is 0 Å². The zero-order valence-electron chi connectivity index (χ0n) is 12.7. The summed E-state index contributed by atoms with van der Waals surface area (Å²) in [7, 11) is 1.62. The highest BCUT2D eigenvalue weighted by atomic mass is 16.5. The minimum Gasteiger partial charge on any atom is -0.465 e. The van der Waals surface area contributed by atoms with E-state index in [-0.39, 0.29) is 24.7 Å². The molecule has 0 aliphatic carbocycles. The first-order valence-corrected chi connectivity index (χ1v) is 7.27. The van der Waals surface area contributed by atoms with Crippen molar-refractivity contribution in [3.05, 3.63) is 0 Å². The average molecular weight is 289 g/mol. The highest BCUT2D eigenvalue weighted by Gasteiger charge is 2.32. The molecule has 1 aliphatic rings. The van der Waals surface area contributed by atoms with Crippen LogP contribution in [0.15, 0.2) is 0 Å². The summed E-state index contributed by atoms with van der Waals surface area (Å²) in [5.74, 6) is -0.189. The lowest BCUT2D eigenvalue weighted by molar-refractivity contribution is -0.149. The molecule has 20 heavy (non-hydrogen) atoms. The van der Waals surface area contributed by atoms with Gasteiger partial charge in [-0.2, -0.15) is 0 Å². The lowest BCUT2D eigenvalue weighted by atomic mass is 10.2. The minimum atomic E-state index is -0.607. The van der Waals surface area contributed by atoms with E-state index in [2.05, 4.69) is 0 Å². The summed E-state index contributed by atoms with van der Waals surface area (Å²) in [6, 6.07) is -0.221. The van der Waals surface area contributed by atoms with Crippen LogP contribution in [0.4, 0.5) is 0 Å². The summed E-state index contributed by atoms with van der Waals surface area (Å²) in [6.07, 6.45) is 1.10. The number of esters is 1. The van der Waals surface area contributed by atoms with Crippen molar-refractivity contribution in [2.45, 2.75) is 44.9 Å². The Hall–Kier alpha value is -0.690. The summed E-state index contributed by atoms with van der Waals surface area (Å²) in [6.45, 7) is 6.09. The second-order valence-corrected chi connectivity index (χ2v) is 5.16. The number of methoxy groups -OCH3 is 1. The molecule has 1 fully saturated rings. The van der Waals surface area contributed by atoms with Crippen LogP contribution in [0.1, 0.15) is 26.7 Å². The first kappa shape index (κ1) is 17.4. The molecule has 1 N–H and O–H groups in total. The maximum atomic E-state index is 11.8. The van der Waals surface area contributed by atoms with Gasteiger partial charge in [0.05, 0.1) is 32.0 Å². The van der Waals surface area contributed by atoms with Crippen LogP contribution in [-0.2, 0) is 19.0 Å². The van der Waals surface area contributed by atoms with E-state index < -0.39 is 6.10 Å². The van der Waals surface area contributed by atoms with Crippen molar-refractivity contribution in [1.29, 1.82) is 0 Å². The van der Waals surface area contributed by atoms with Gasteiger partial charge in [-0.05, 0) is 33.2 Å². The van der Waals surface area contributed by atoms with Crippen LogP contribution in [0.5, 0.6) is 0 Å². The molecular weight excluding hydrogens is 262 g/mol. The number of nitrogens with zero attached hydrogens (tertiary/aromatic N) is 1. The van der Waals surface area contributed by atoms with Crippen LogP contribution < -0.4 is 0 Å². The predicted octanol–water partition coefficient (Wildman–Crippen LogP) is 0.426. The smallest absolute Gasteiger partial charge is 0.323 e. The fourth-order valence-corrected chi connectivity index (χ4v) is 2.43. The van der Waals surface area contributed by atoms with Gasteiger partial charge in [0.25, 0.3) is 0 Å². The molecule has 0 saturated carbocycles. The van der Waals surface area contributed by atoms with Crippen molar-refractivity contribution in [2.75, 3.05) is 40.0 Å². The molecule has 1 heterocycles. The second-order valence-electron chi connectivity index (χ2n) is 5.16. The highest BCUT2D eigenvalue weighted by molar-refractivity contribution is 5.76. The van der Waals surface area contributed by atoms with Gasteiger partial charge in [-0.25, -0.2) is 0 Å². The Labute approximate surface area is 121 Å². The first-order valence-electron chi connectivity index (χ1n) is 7.27. The number of likely N-dealkylation sites (tertiary alicyclic amines) is 1. The highest BCUT2D eigenvalue weighted by Crippen LogP contribution is 2.18. The number of ether oxygens (including phenoxy) is 3. The quantitative estimate of drug-likeness (QED) is 0.621. The molecule has 6 nitrogen and oxygen atoms in total. The monoisotopic (exact) mass is 289 g/mol. The van der Waals surface area contributed by atoms with E-state index in [9.17, 15) is 9.90 Å². The Morgan fingerprint density at radius 1 is 1.45 bits per heavy atom. The average Bonchev–Trinajstić information content (AvgIpc) is 2.85. The summed E-state index contributed by atoms with van der Waals surface area (Å²) in [4.78, 5) is 13.8. The van der Waals surface area contributed by atoms with E-state index in [0.717, 1.165) is 19.4 Å². The maximum absolute atomic E-state index is 11.8. The van der Waals surface area contributed by atoms with Gasteiger partial charge in [0.1, 0.15) is 6.04 Å². The SMILES string of the molecule is CCOC(=O)C1CCCN1CC(O)COC(C)COC. The van der Waals surface area contributed by atoms with Crippen LogP contribution in [0.3, 0.4) is 0 Å². The Balaban J connectivity index is 2.32. The molecule has 0 amide bonds. The molecule has 6 heteroatoms. The molecule has 3 unspecified atom stereocenters. The normalized spacial score (nSPS) is 22.7. The van der Waals surface area contributed by atoms with Gasteiger partial charge in [-0.15, -0.1) is 0 Å². The van der Waals surface area contributed by atoms with E-state index in [1.165, 1.54) is 0 Å². The van der Waals surface area contributed by atoms with Crippen molar-refractivity contribution >= 4 is 5.97 Å². The van der Waals surface area contributed by atoms with Gasteiger partial charge in [-0.1, -0.05) is 0 Å². The second kappa shape index (κ2) is 9.28. The van der Waals surface area contributed by atoms with Gasteiger partial charge >= 0.3 is 5.97 Å². The summed E-state index contributed by atoms with van der Waals surface area (Å²) >= 11 is 0. The number of β-amino-alcohol motifs (C(OH)–C–C–N with tert-alkyl or cyclic N) is 1. The Morgan fingerprint density at radius 3 is 2.85 bits per heavy atom. The molecule has 0 bridgehead atoms. The lowest BCUT2D eigenvalue weighted by Gasteiger charge is -2.25. The number of carbonyl (C=O) groups excluding carboxylic acids is 1. The van der Waals surface area contributed by atoms with E-state index in [4.69, 9.17) is 14.2 Å². The third-order valence-electron chi connectivity index (χ3n) is 3.34. The fraction of sp³-hybridized carbons (Fsp3) is 0.929. The molecule has 1 saturated heterocycles. The predicted molar refractivity (Wildman–Crippen MR) is 74.5 cm³/mol. The van der Waals surface area contributed by atoms with Crippen LogP contribution in [-0.4, -0.2) is 74.2 Å². The third kappa shape index (κ3) is 5.75. The van der Waals surface area contributed by atoms with Gasteiger partial charge in [-0.3, -0.25) is 9.69 Å². The van der Waals surface area contributed by atoms with Crippen LogP contribution in [0.25, 0.3) is 0 Å². The molecule has 3 atom stereocenters. The van der Waals surface area contributed by atoms with E-state index in [0.29, 0.717) is 19.8 Å². The number of rotatable bonds is 9.